The number of halogens is 3. The third-order valence-electron chi connectivity index (χ3n) is 6.87. The highest BCUT2D eigenvalue weighted by Gasteiger charge is 2.45. The number of likely N-dealkylation sites (tertiary alicyclic amines) is 2. The number of ether oxygens (including phenoxy) is 2. The number of piperidine rings is 1. The molecule has 0 N–H and O–H groups in total. The predicted octanol–water partition coefficient (Wildman–Crippen LogP) is 5.69. The first-order valence-electron chi connectivity index (χ1n) is 12.1. The summed E-state index contributed by atoms with van der Waals surface area (Å²) in [5.41, 5.74) is 1.29. The van der Waals surface area contributed by atoms with Gasteiger partial charge in [-0.05, 0) is 61.1 Å². The van der Waals surface area contributed by atoms with Gasteiger partial charge < -0.3 is 14.4 Å². The van der Waals surface area contributed by atoms with Crippen molar-refractivity contribution in [1.82, 2.24) is 19.8 Å². The zero-order valence-electron chi connectivity index (χ0n) is 20.4. The Hall–Kier alpha value is -3.66. The fraction of sp³-hybridized carbons (Fsp3) is 0.370. The van der Waals surface area contributed by atoms with Crippen LogP contribution in [0.5, 0.6) is 17.2 Å². The predicted molar refractivity (Wildman–Crippen MR) is 129 cm³/mol. The van der Waals surface area contributed by atoms with Gasteiger partial charge in [-0.3, -0.25) is 14.9 Å². The molecule has 0 radical (unpaired) electrons. The molecule has 3 aromatic rings. The van der Waals surface area contributed by atoms with Crippen molar-refractivity contribution in [2.24, 2.45) is 5.41 Å². The van der Waals surface area contributed by atoms with Crippen LogP contribution in [0.3, 0.4) is 0 Å². The number of pyridine rings is 2. The van der Waals surface area contributed by atoms with Crippen LogP contribution in [-0.4, -0.2) is 52.0 Å². The van der Waals surface area contributed by atoms with E-state index >= 15 is 0 Å². The van der Waals surface area contributed by atoms with E-state index in [0.717, 1.165) is 61.7 Å². The number of alkyl halides is 3. The van der Waals surface area contributed by atoms with Gasteiger partial charge >= 0.3 is 12.3 Å². The fourth-order valence-electron chi connectivity index (χ4n) is 4.91. The molecule has 0 saturated carbocycles. The second-order valence-electron chi connectivity index (χ2n) is 9.79. The molecule has 0 bridgehead atoms. The third kappa shape index (κ3) is 6.02. The second-order valence-corrected chi connectivity index (χ2v) is 9.79. The highest BCUT2D eigenvalue weighted by Crippen LogP contribution is 2.41. The number of nitrogens with zero attached hydrogens (tertiary/aromatic N) is 4. The first-order chi connectivity index (χ1) is 17.7. The minimum absolute atomic E-state index is 0.149. The quantitative estimate of drug-likeness (QED) is 0.437. The molecule has 194 valence electrons. The lowest BCUT2D eigenvalue weighted by Crippen LogP contribution is -2.60. The number of aromatic nitrogens is 2. The van der Waals surface area contributed by atoms with Crippen LogP contribution in [0.1, 0.15) is 29.7 Å². The Kier molecular flexibility index (Phi) is 6.76. The van der Waals surface area contributed by atoms with Crippen LogP contribution < -0.4 is 9.47 Å². The second kappa shape index (κ2) is 10.0. The molecule has 7 nitrogen and oxygen atoms in total. The SMILES string of the molecule is Cc1ccc(Oc2cccc(CN3CC4(CCN(C(=O)Oc5cncc(C(F)(F)F)c5)CC4)C3)c2)cn1. The Bertz CT molecular complexity index is 1250. The summed E-state index contributed by atoms with van der Waals surface area (Å²) in [6.45, 7) is 5.61. The first kappa shape index (κ1) is 25.0. The zero-order valence-corrected chi connectivity index (χ0v) is 20.4. The van der Waals surface area contributed by atoms with Crippen molar-refractivity contribution in [3.63, 3.8) is 0 Å². The topological polar surface area (TPSA) is 67.8 Å². The lowest BCUT2D eigenvalue weighted by Gasteiger charge is -2.54. The molecule has 1 aromatic carbocycles. The minimum atomic E-state index is -4.55. The van der Waals surface area contributed by atoms with E-state index in [1.54, 1.807) is 11.1 Å². The highest BCUT2D eigenvalue weighted by molar-refractivity contribution is 5.70. The van der Waals surface area contributed by atoms with Crippen LogP contribution in [-0.2, 0) is 12.7 Å². The summed E-state index contributed by atoms with van der Waals surface area (Å²) < 4.78 is 49.7. The van der Waals surface area contributed by atoms with Crippen LogP contribution in [0.25, 0.3) is 0 Å². The van der Waals surface area contributed by atoms with Crippen LogP contribution in [0.15, 0.2) is 61.1 Å². The molecule has 0 aliphatic carbocycles. The van der Waals surface area contributed by atoms with Gasteiger partial charge in [0.2, 0.25) is 0 Å². The third-order valence-corrected chi connectivity index (χ3v) is 6.87. The maximum absolute atomic E-state index is 12.9. The largest absolute Gasteiger partial charge is 0.456 e. The summed E-state index contributed by atoms with van der Waals surface area (Å²) >= 11 is 0. The van der Waals surface area contributed by atoms with Crippen molar-refractivity contribution < 1.29 is 27.4 Å². The smallest absolute Gasteiger partial charge is 0.418 e. The first-order valence-corrected chi connectivity index (χ1v) is 12.1. The van der Waals surface area contributed by atoms with Crippen LogP contribution in [0, 0.1) is 12.3 Å². The lowest BCUT2D eigenvalue weighted by molar-refractivity contribution is -0.137. The average molecular weight is 513 g/mol. The van der Waals surface area contributed by atoms with Crippen LogP contribution in [0.4, 0.5) is 18.0 Å². The lowest BCUT2D eigenvalue weighted by atomic mass is 9.72. The number of amides is 1. The van der Waals surface area contributed by atoms with Gasteiger partial charge in [0.05, 0.1) is 18.0 Å². The van der Waals surface area contributed by atoms with E-state index in [4.69, 9.17) is 9.47 Å². The van der Waals surface area contributed by atoms with E-state index in [-0.39, 0.29) is 11.2 Å². The molecular formula is C27H27F3N4O3. The number of carbonyl (C=O) groups is 1. The minimum Gasteiger partial charge on any atom is -0.456 e. The summed E-state index contributed by atoms with van der Waals surface area (Å²) in [6, 6.07) is 12.6. The van der Waals surface area contributed by atoms with Crippen molar-refractivity contribution >= 4 is 6.09 Å². The number of rotatable bonds is 5. The summed E-state index contributed by atoms with van der Waals surface area (Å²) in [5, 5.41) is 0. The molecule has 2 fully saturated rings. The number of carbonyl (C=O) groups excluding carboxylic acids is 1. The van der Waals surface area contributed by atoms with Gasteiger partial charge in [0, 0.05) is 44.6 Å². The molecule has 2 aliphatic heterocycles. The summed E-state index contributed by atoms with van der Waals surface area (Å²) in [7, 11) is 0. The molecular weight excluding hydrogens is 485 g/mol. The number of hydrogen-bond donors (Lipinski definition) is 0. The van der Waals surface area contributed by atoms with E-state index in [9.17, 15) is 18.0 Å². The Morgan fingerprint density at radius 3 is 2.49 bits per heavy atom. The molecule has 10 heteroatoms. The molecule has 37 heavy (non-hydrogen) atoms. The van der Waals surface area contributed by atoms with E-state index in [1.807, 2.05) is 37.3 Å². The molecule has 5 rings (SSSR count). The number of benzene rings is 1. The maximum atomic E-state index is 12.9. The Morgan fingerprint density at radius 2 is 1.78 bits per heavy atom. The Balaban J connectivity index is 1.09. The Morgan fingerprint density at radius 1 is 1.00 bits per heavy atom. The molecule has 4 heterocycles. The average Bonchev–Trinajstić information content (AvgIpc) is 2.85. The van der Waals surface area contributed by atoms with Gasteiger partial charge in [-0.2, -0.15) is 13.2 Å². The zero-order chi connectivity index (χ0) is 26.0. The van der Waals surface area contributed by atoms with E-state index < -0.39 is 17.8 Å². The van der Waals surface area contributed by atoms with Crippen molar-refractivity contribution in [3.8, 4) is 17.2 Å². The molecule has 2 saturated heterocycles. The van der Waals surface area contributed by atoms with E-state index in [0.29, 0.717) is 25.0 Å². The van der Waals surface area contributed by atoms with Gasteiger partial charge in [-0.25, -0.2) is 4.79 Å². The van der Waals surface area contributed by atoms with Crippen molar-refractivity contribution in [3.05, 3.63) is 77.9 Å². The van der Waals surface area contributed by atoms with Crippen molar-refractivity contribution in [1.29, 1.82) is 0 Å². The normalized spacial score (nSPS) is 17.4. The van der Waals surface area contributed by atoms with Crippen molar-refractivity contribution in [2.45, 2.75) is 32.5 Å². The molecule has 0 unspecified atom stereocenters. The van der Waals surface area contributed by atoms with Crippen LogP contribution >= 0.6 is 0 Å². The highest BCUT2D eigenvalue weighted by atomic mass is 19.4. The maximum Gasteiger partial charge on any atom is 0.418 e. The van der Waals surface area contributed by atoms with E-state index in [1.165, 1.54) is 0 Å². The molecule has 1 amide bonds. The van der Waals surface area contributed by atoms with Gasteiger partial charge in [0.15, 0.2) is 5.75 Å². The fourth-order valence-corrected chi connectivity index (χ4v) is 4.91. The molecule has 1 spiro atoms. The van der Waals surface area contributed by atoms with Crippen LogP contribution in [0.2, 0.25) is 0 Å². The van der Waals surface area contributed by atoms with Gasteiger partial charge in [-0.1, -0.05) is 12.1 Å². The monoisotopic (exact) mass is 512 g/mol. The summed E-state index contributed by atoms with van der Waals surface area (Å²) in [4.78, 5) is 24.2. The number of hydrogen-bond acceptors (Lipinski definition) is 6. The van der Waals surface area contributed by atoms with Gasteiger partial charge in [-0.15, -0.1) is 0 Å². The number of aryl methyl sites for hydroxylation is 1. The van der Waals surface area contributed by atoms with Crippen molar-refractivity contribution in [2.75, 3.05) is 26.2 Å². The summed E-state index contributed by atoms with van der Waals surface area (Å²) in [5.74, 6) is 1.25. The van der Waals surface area contributed by atoms with Gasteiger partial charge in [0.1, 0.15) is 11.5 Å². The molecule has 0 atom stereocenters. The summed E-state index contributed by atoms with van der Waals surface area (Å²) in [6.07, 6.45) is -0.0235. The van der Waals surface area contributed by atoms with Gasteiger partial charge in [0.25, 0.3) is 0 Å². The molecule has 2 aliphatic rings. The Labute approximate surface area is 212 Å². The molecule has 2 aromatic heterocycles. The van der Waals surface area contributed by atoms with E-state index in [2.05, 4.69) is 20.9 Å². The standard InChI is InChI=1S/C27H27F3N4O3/c1-19-5-6-23(15-32-19)36-22-4-2-3-20(11-22)16-33-17-26(18-33)7-9-34(10-8-26)25(35)37-24-12-21(13-31-14-24)27(28,29)30/h2-6,11-15H,7-10,16-18H2,1H3.